The zero-order chi connectivity index (χ0) is 13.0. The van der Waals surface area contributed by atoms with Crippen molar-refractivity contribution in [2.45, 2.75) is 12.4 Å². The first kappa shape index (κ1) is 13.4. The quantitative estimate of drug-likeness (QED) is 0.729. The molecule has 0 fully saturated rings. The Balaban J connectivity index is 2.16. The number of para-hydroxylation sites is 1. The van der Waals surface area contributed by atoms with Gasteiger partial charge in [0.15, 0.2) is 0 Å². The normalized spacial score (nSPS) is 10.4. The molecule has 18 heavy (non-hydrogen) atoms. The lowest BCUT2D eigenvalue weighted by Crippen LogP contribution is -2.17. The Morgan fingerprint density at radius 1 is 1.06 bits per heavy atom. The van der Waals surface area contributed by atoms with Gasteiger partial charge in [-0.05, 0) is 29.3 Å². The maximum atomic E-state index is 5.97. The van der Waals surface area contributed by atoms with Gasteiger partial charge in [0.2, 0.25) is 0 Å². The van der Waals surface area contributed by atoms with Gasteiger partial charge in [-0.25, -0.2) is 0 Å². The molecule has 2 aromatic carbocycles. The predicted octanol–water partition coefficient (Wildman–Crippen LogP) is 4.82. The van der Waals surface area contributed by atoms with E-state index in [4.69, 9.17) is 11.6 Å². The van der Waals surface area contributed by atoms with Crippen LogP contribution in [0.5, 0.6) is 0 Å². The van der Waals surface area contributed by atoms with Gasteiger partial charge >= 0.3 is 0 Å². The van der Waals surface area contributed by atoms with Crippen LogP contribution in [0.2, 0.25) is 0 Å². The molecule has 0 N–H and O–H groups in total. The Bertz CT molecular complexity index is 510. The largest absolute Gasteiger partial charge is 0.370 e. The summed E-state index contributed by atoms with van der Waals surface area (Å²) in [4.78, 5) is 2.22. The van der Waals surface area contributed by atoms with Crippen molar-refractivity contribution in [3.8, 4) is 0 Å². The zero-order valence-corrected chi connectivity index (χ0v) is 12.6. The van der Waals surface area contributed by atoms with Crippen molar-refractivity contribution >= 4 is 33.2 Å². The van der Waals surface area contributed by atoms with Crippen molar-refractivity contribution < 1.29 is 0 Å². The molecule has 0 aliphatic carbocycles. The van der Waals surface area contributed by atoms with Crippen molar-refractivity contribution in [3.05, 3.63) is 64.1 Å². The summed E-state index contributed by atoms with van der Waals surface area (Å²) >= 11 is 9.42. The van der Waals surface area contributed by atoms with Crippen LogP contribution in [0.1, 0.15) is 11.1 Å². The fraction of sp³-hybridized carbons (Fsp3) is 0.200. The summed E-state index contributed by atoms with van der Waals surface area (Å²) in [5.41, 5.74) is 3.64. The van der Waals surface area contributed by atoms with Crippen molar-refractivity contribution in [2.75, 3.05) is 11.9 Å². The molecule has 0 saturated carbocycles. The van der Waals surface area contributed by atoms with Crippen LogP contribution in [0.25, 0.3) is 0 Å². The van der Waals surface area contributed by atoms with E-state index < -0.39 is 0 Å². The number of nitrogens with zero attached hydrogens (tertiary/aromatic N) is 1. The molecule has 0 aromatic heterocycles. The maximum Gasteiger partial charge on any atom is 0.0494 e. The molecule has 0 bridgehead atoms. The van der Waals surface area contributed by atoms with Crippen molar-refractivity contribution in [1.82, 2.24) is 0 Å². The number of halogens is 2. The lowest BCUT2D eigenvalue weighted by Gasteiger charge is -2.22. The van der Waals surface area contributed by atoms with E-state index in [1.54, 1.807) is 0 Å². The number of rotatable bonds is 4. The summed E-state index contributed by atoms with van der Waals surface area (Å²) in [7, 11) is 2.09. The van der Waals surface area contributed by atoms with Gasteiger partial charge in [0.25, 0.3) is 0 Å². The molecule has 0 aliphatic rings. The van der Waals surface area contributed by atoms with E-state index in [9.17, 15) is 0 Å². The minimum Gasteiger partial charge on any atom is -0.370 e. The number of alkyl halides is 1. The summed E-state index contributed by atoms with van der Waals surface area (Å²) in [6.45, 7) is 0.876. The average Bonchev–Trinajstić information content (AvgIpc) is 2.41. The highest BCUT2D eigenvalue weighted by Crippen LogP contribution is 2.22. The van der Waals surface area contributed by atoms with Gasteiger partial charge < -0.3 is 4.90 Å². The van der Waals surface area contributed by atoms with E-state index in [2.05, 4.69) is 64.3 Å². The van der Waals surface area contributed by atoms with Crippen LogP contribution in [0.4, 0.5) is 5.69 Å². The van der Waals surface area contributed by atoms with Crippen LogP contribution in [-0.2, 0) is 12.4 Å². The summed E-state index contributed by atoms with van der Waals surface area (Å²) in [6.07, 6.45) is 0. The van der Waals surface area contributed by atoms with Crippen LogP contribution >= 0.6 is 27.5 Å². The molecular weight excluding hydrogens is 310 g/mol. The molecule has 0 aliphatic heterocycles. The molecule has 3 heteroatoms. The first-order valence-corrected chi connectivity index (χ1v) is 7.13. The van der Waals surface area contributed by atoms with Gasteiger partial charge in [-0.15, -0.1) is 11.6 Å². The highest BCUT2D eigenvalue weighted by atomic mass is 79.9. The number of benzene rings is 2. The van der Waals surface area contributed by atoms with Crippen molar-refractivity contribution in [1.29, 1.82) is 0 Å². The van der Waals surface area contributed by atoms with Gasteiger partial charge in [-0.3, -0.25) is 0 Å². The van der Waals surface area contributed by atoms with Crippen LogP contribution in [0.3, 0.4) is 0 Å². The zero-order valence-electron chi connectivity index (χ0n) is 10.2. The predicted molar refractivity (Wildman–Crippen MR) is 82.2 cm³/mol. The minimum atomic E-state index is 0.543. The molecule has 0 radical (unpaired) electrons. The van der Waals surface area contributed by atoms with Crippen LogP contribution in [0.15, 0.2) is 53.0 Å². The van der Waals surface area contributed by atoms with Crippen LogP contribution < -0.4 is 4.90 Å². The lowest BCUT2D eigenvalue weighted by atomic mass is 10.1. The fourth-order valence-electron chi connectivity index (χ4n) is 1.95. The first-order valence-electron chi connectivity index (χ1n) is 5.80. The fourth-order valence-corrected chi connectivity index (χ4v) is 2.44. The number of anilines is 1. The molecule has 0 spiro atoms. The van der Waals surface area contributed by atoms with Crippen LogP contribution in [0, 0.1) is 0 Å². The van der Waals surface area contributed by atoms with Crippen molar-refractivity contribution in [2.24, 2.45) is 0 Å². The summed E-state index contributed by atoms with van der Waals surface area (Å²) in [5, 5.41) is 0. The Kier molecular flexibility index (Phi) is 4.67. The van der Waals surface area contributed by atoms with E-state index in [0.29, 0.717) is 5.88 Å². The molecule has 0 heterocycles. The Morgan fingerprint density at radius 2 is 1.72 bits per heavy atom. The topological polar surface area (TPSA) is 3.24 Å². The van der Waals surface area contributed by atoms with Gasteiger partial charge in [0, 0.05) is 29.6 Å². The third-order valence-electron chi connectivity index (χ3n) is 2.88. The third-order valence-corrected chi connectivity index (χ3v) is 3.70. The molecule has 0 unspecified atom stereocenters. The summed E-state index contributed by atoms with van der Waals surface area (Å²) in [5.74, 6) is 0.543. The standard InChI is InChI=1S/C15H15BrClN/c1-18(11-12-6-8-14(16)9-7-12)15-5-3-2-4-13(15)10-17/h2-9H,10-11H2,1H3. The molecule has 1 nitrogen and oxygen atoms in total. The van der Waals surface area contributed by atoms with Crippen molar-refractivity contribution in [3.63, 3.8) is 0 Å². The molecule has 2 aromatic rings. The Hall–Kier alpha value is -0.990. The Morgan fingerprint density at radius 3 is 2.39 bits per heavy atom. The second kappa shape index (κ2) is 6.26. The van der Waals surface area contributed by atoms with E-state index in [-0.39, 0.29) is 0 Å². The highest BCUT2D eigenvalue weighted by molar-refractivity contribution is 9.10. The molecular formula is C15H15BrClN. The molecule has 0 saturated heterocycles. The van der Waals surface area contributed by atoms with Gasteiger partial charge in [0.05, 0.1) is 0 Å². The van der Waals surface area contributed by atoms with E-state index >= 15 is 0 Å². The number of hydrogen-bond donors (Lipinski definition) is 0. The molecule has 0 amide bonds. The summed E-state index contributed by atoms with van der Waals surface area (Å²) < 4.78 is 1.11. The smallest absolute Gasteiger partial charge is 0.0494 e. The lowest BCUT2D eigenvalue weighted by molar-refractivity contribution is 0.916. The van der Waals surface area contributed by atoms with E-state index in [1.165, 1.54) is 16.8 Å². The third kappa shape index (κ3) is 3.27. The second-order valence-corrected chi connectivity index (χ2v) is 5.43. The van der Waals surface area contributed by atoms with Gasteiger partial charge in [-0.2, -0.15) is 0 Å². The summed E-state index contributed by atoms with van der Waals surface area (Å²) in [6, 6.07) is 16.6. The van der Waals surface area contributed by atoms with E-state index in [1.807, 2.05) is 12.1 Å². The van der Waals surface area contributed by atoms with Gasteiger partial charge in [0.1, 0.15) is 0 Å². The van der Waals surface area contributed by atoms with Gasteiger partial charge in [-0.1, -0.05) is 46.3 Å². The number of hydrogen-bond acceptors (Lipinski definition) is 1. The second-order valence-electron chi connectivity index (χ2n) is 4.24. The molecule has 94 valence electrons. The van der Waals surface area contributed by atoms with E-state index in [0.717, 1.165) is 11.0 Å². The Labute approximate surface area is 122 Å². The SMILES string of the molecule is CN(Cc1ccc(Br)cc1)c1ccccc1CCl. The monoisotopic (exact) mass is 323 g/mol. The molecule has 2 rings (SSSR count). The highest BCUT2D eigenvalue weighted by Gasteiger charge is 2.06. The van der Waals surface area contributed by atoms with Crippen LogP contribution in [-0.4, -0.2) is 7.05 Å². The first-order chi connectivity index (χ1) is 8.70. The average molecular weight is 325 g/mol. The maximum absolute atomic E-state index is 5.97. The molecule has 0 atom stereocenters. The minimum absolute atomic E-state index is 0.543.